The highest BCUT2D eigenvalue weighted by atomic mass is 16.6. The molecule has 8 nitrogen and oxygen atoms in total. The average Bonchev–Trinajstić information content (AvgIpc) is 3.22. The van der Waals surface area contributed by atoms with Gasteiger partial charge in [-0.05, 0) is 73.9 Å². The molecule has 2 saturated heterocycles. The van der Waals surface area contributed by atoms with Crippen LogP contribution in [0, 0.1) is 0 Å². The number of nitrogens with one attached hydrogen (secondary N) is 4. The summed E-state index contributed by atoms with van der Waals surface area (Å²) in [6.07, 6.45) is 4.41. The topological polar surface area (TPSA) is 104 Å². The van der Waals surface area contributed by atoms with Crippen molar-refractivity contribution in [2.75, 3.05) is 30.8 Å². The lowest BCUT2D eigenvalue weighted by Gasteiger charge is -2.32. The van der Waals surface area contributed by atoms with Crippen LogP contribution in [-0.4, -0.2) is 61.9 Å². The lowest BCUT2D eigenvalue weighted by molar-refractivity contribution is -0.137. The number of piperazine rings is 1. The zero-order valence-corrected chi connectivity index (χ0v) is 24.0. The minimum Gasteiger partial charge on any atom is -0.384 e. The van der Waals surface area contributed by atoms with E-state index in [2.05, 4.69) is 78.4 Å². The second-order valence-electron chi connectivity index (χ2n) is 12.5. The monoisotopic (exact) mass is 546 g/mol. The molecular weight excluding hydrogens is 504 g/mol. The standard InChI is InChI=1S/C32H42N4O4/c1-5-22(39-4)10-18-6-8-23-20(16-33-25(23)11-18)14-27-30(37)36-28(31(38)35-27)15-21-17-34-26-12-19(7-9-24(21)26)13-29-32(2,3)40-29/h6-9,11-12,20-22,27-29,33-34H,5,10,13-17H2,1-4H3,(H,35,38)(H,36,37). The number of amides is 2. The smallest absolute Gasteiger partial charge is 0.243 e. The predicted octanol–water partition coefficient (Wildman–Crippen LogP) is 3.86. The van der Waals surface area contributed by atoms with E-state index in [4.69, 9.17) is 9.47 Å². The highest BCUT2D eigenvalue weighted by Gasteiger charge is 2.47. The summed E-state index contributed by atoms with van der Waals surface area (Å²) in [7, 11) is 1.76. The molecule has 2 amide bonds. The van der Waals surface area contributed by atoms with E-state index in [1.165, 1.54) is 22.3 Å². The van der Waals surface area contributed by atoms with Crippen LogP contribution in [0.25, 0.3) is 0 Å². The Hall–Kier alpha value is -3.10. The second kappa shape index (κ2) is 10.7. The molecule has 4 aliphatic heterocycles. The van der Waals surface area contributed by atoms with Crippen molar-refractivity contribution in [3.8, 4) is 0 Å². The van der Waals surface area contributed by atoms with Gasteiger partial charge in [-0.2, -0.15) is 0 Å². The van der Waals surface area contributed by atoms with E-state index in [9.17, 15) is 9.59 Å². The zero-order chi connectivity index (χ0) is 28.0. The maximum Gasteiger partial charge on any atom is 0.243 e. The third kappa shape index (κ3) is 5.44. The first-order chi connectivity index (χ1) is 19.2. The van der Waals surface area contributed by atoms with E-state index in [1.54, 1.807) is 7.11 Å². The van der Waals surface area contributed by atoms with Crippen LogP contribution in [-0.2, 0) is 31.9 Å². The second-order valence-corrected chi connectivity index (χ2v) is 12.5. The Labute approximate surface area is 237 Å². The van der Waals surface area contributed by atoms with Crippen LogP contribution in [0.1, 0.15) is 74.1 Å². The van der Waals surface area contributed by atoms with Crippen LogP contribution in [0.2, 0.25) is 0 Å². The largest absolute Gasteiger partial charge is 0.384 e. The molecule has 2 aromatic carbocycles. The summed E-state index contributed by atoms with van der Waals surface area (Å²) >= 11 is 0. The molecule has 6 rings (SSSR count). The Bertz CT molecular complexity index is 1210. The van der Waals surface area contributed by atoms with E-state index in [1.807, 2.05) is 0 Å². The molecule has 4 aliphatic rings. The van der Waals surface area contributed by atoms with Gasteiger partial charge in [0.15, 0.2) is 0 Å². The van der Waals surface area contributed by atoms with Gasteiger partial charge < -0.3 is 30.7 Å². The minimum atomic E-state index is -0.524. The lowest BCUT2D eigenvalue weighted by Crippen LogP contribution is -2.62. The van der Waals surface area contributed by atoms with Crippen molar-refractivity contribution in [3.05, 3.63) is 58.7 Å². The first-order valence-electron chi connectivity index (χ1n) is 14.8. The quantitative estimate of drug-likeness (QED) is 0.338. The summed E-state index contributed by atoms with van der Waals surface area (Å²) in [5.74, 6) is 0.173. The summed E-state index contributed by atoms with van der Waals surface area (Å²) in [5, 5.41) is 13.1. The van der Waals surface area contributed by atoms with Crippen molar-refractivity contribution in [1.82, 2.24) is 10.6 Å². The number of benzene rings is 2. The number of hydrogen-bond donors (Lipinski definition) is 4. The van der Waals surface area contributed by atoms with Crippen molar-refractivity contribution in [2.45, 2.75) is 94.6 Å². The van der Waals surface area contributed by atoms with Crippen molar-refractivity contribution < 1.29 is 19.1 Å². The molecule has 0 bridgehead atoms. The number of rotatable bonds is 10. The van der Waals surface area contributed by atoms with Crippen LogP contribution >= 0.6 is 0 Å². The molecule has 8 heteroatoms. The summed E-state index contributed by atoms with van der Waals surface area (Å²) in [4.78, 5) is 26.3. The molecule has 6 atom stereocenters. The lowest BCUT2D eigenvalue weighted by atomic mass is 9.89. The summed E-state index contributed by atoms with van der Waals surface area (Å²) < 4.78 is 11.3. The van der Waals surface area contributed by atoms with Gasteiger partial charge >= 0.3 is 0 Å². The first-order valence-corrected chi connectivity index (χ1v) is 14.8. The van der Waals surface area contributed by atoms with Crippen molar-refractivity contribution in [3.63, 3.8) is 0 Å². The normalized spacial score (nSPS) is 28.6. The SMILES string of the molecule is CCC(Cc1ccc2c(c1)NCC2CC1NC(=O)C(CC2CNc3cc(CC4OC4(C)C)ccc32)NC1=O)OC. The Morgan fingerprint density at radius 2 is 1.43 bits per heavy atom. The van der Waals surface area contributed by atoms with Gasteiger partial charge in [-0.3, -0.25) is 9.59 Å². The summed E-state index contributed by atoms with van der Waals surface area (Å²) in [6.45, 7) is 7.91. The van der Waals surface area contributed by atoms with Gasteiger partial charge in [-0.15, -0.1) is 0 Å². The molecule has 0 saturated carbocycles. The molecule has 6 unspecified atom stereocenters. The number of carbonyl (C=O) groups excluding carboxylic acids is 2. The van der Waals surface area contributed by atoms with Gasteiger partial charge in [0.05, 0.1) is 17.8 Å². The molecule has 0 radical (unpaired) electrons. The fourth-order valence-electron chi connectivity index (χ4n) is 6.65. The third-order valence-corrected chi connectivity index (χ3v) is 9.34. The van der Waals surface area contributed by atoms with Crippen molar-refractivity contribution in [2.24, 2.45) is 0 Å². The van der Waals surface area contributed by atoms with Gasteiger partial charge in [0.1, 0.15) is 12.1 Å². The fourth-order valence-corrected chi connectivity index (χ4v) is 6.65. The van der Waals surface area contributed by atoms with E-state index in [-0.39, 0.29) is 41.5 Å². The third-order valence-electron chi connectivity index (χ3n) is 9.34. The molecule has 0 aliphatic carbocycles. The molecule has 2 fully saturated rings. The van der Waals surface area contributed by atoms with E-state index >= 15 is 0 Å². The maximum atomic E-state index is 13.1. The van der Waals surface area contributed by atoms with Crippen LogP contribution in [0.4, 0.5) is 11.4 Å². The van der Waals surface area contributed by atoms with Crippen LogP contribution in [0.15, 0.2) is 36.4 Å². The number of ether oxygens (including phenoxy) is 2. The number of anilines is 2. The van der Waals surface area contributed by atoms with Gasteiger partial charge in [0.2, 0.25) is 11.8 Å². The number of hydrogen-bond acceptors (Lipinski definition) is 6. The minimum absolute atomic E-state index is 0.0247. The van der Waals surface area contributed by atoms with Gasteiger partial charge in [-0.25, -0.2) is 0 Å². The van der Waals surface area contributed by atoms with E-state index in [0.717, 1.165) is 43.7 Å². The van der Waals surface area contributed by atoms with Crippen molar-refractivity contribution >= 4 is 23.2 Å². The number of fused-ring (bicyclic) bond motifs is 2. The highest BCUT2D eigenvalue weighted by Crippen LogP contribution is 2.40. The summed E-state index contributed by atoms with van der Waals surface area (Å²) in [5.41, 5.74) is 7.15. The molecular formula is C32H42N4O4. The van der Waals surface area contributed by atoms with Crippen LogP contribution in [0.5, 0.6) is 0 Å². The average molecular weight is 547 g/mol. The van der Waals surface area contributed by atoms with E-state index in [0.29, 0.717) is 12.8 Å². The van der Waals surface area contributed by atoms with Crippen LogP contribution in [0.3, 0.4) is 0 Å². The van der Waals surface area contributed by atoms with Crippen LogP contribution < -0.4 is 21.3 Å². The molecule has 2 aromatic rings. The highest BCUT2D eigenvalue weighted by molar-refractivity contribution is 5.97. The Morgan fingerprint density at radius 3 is 1.93 bits per heavy atom. The molecule has 0 aromatic heterocycles. The molecule has 214 valence electrons. The molecule has 4 heterocycles. The predicted molar refractivity (Wildman–Crippen MR) is 156 cm³/mol. The number of epoxide rings is 1. The molecule has 40 heavy (non-hydrogen) atoms. The van der Waals surface area contributed by atoms with E-state index < -0.39 is 12.1 Å². The van der Waals surface area contributed by atoms with Gasteiger partial charge in [0.25, 0.3) is 0 Å². The first kappa shape index (κ1) is 27.1. The molecule has 4 N–H and O–H groups in total. The van der Waals surface area contributed by atoms with Crippen molar-refractivity contribution in [1.29, 1.82) is 0 Å². The van der Waals surface area contributed by atoms with Gasteiger partial charge in [-0.1, -0.05) is 31.2 Å². The molecule has 0 spiro atoms. The number of methoxy groups -OCH3 is 1. The summed E-state index contributed by atoms with van der Waals surface area (Å²) in [6, 6.07) is 12.0. The Kier molecular flexibility index (Phi) is 7.25. The number of carbonyl (C=O) groups is 2. The van der Waals surface area contributed by atoms with Gasteiger partial charge in [0, 0.05) is 49.8 Å². The Balaban J connectivity index is 1.04. The fraction of sp³-hybridized carbons (Fsp3) is 0.562. The zero-order valence-electron chi connectivity index (χ0n) is 24.0. The Morgan fingerprint density at radius 1 is 0.900 bits per heavy atom. The maximum absolute atomic E-state index is 13.1.